The maximum absolute atomic E-state index is 13.8. The molecular formula is C25H19FO3. The molecule has 0 amide bonds. The van der Waals surface area contributed by atoms with Crippen molar-refractivity contribution in [3.8, 4) is 11.5 Å². The fourth-order valence-electron chi connectivity index (χ4n) is 3.59. The van der Waals surface area contributed by atoms with Crippen LogP contribution in [0.25, 0.3) is 17.2 Å². The van der Waals surface area contributed by atoms with Crippen LogP contribution in [0.4, 0.5) is 4.39 Å². The van der Waals surface area contributed by atoms with E-state index in [2.05, 4.69) is 0 Å². The molecule has 3 nitrogen and oxygen atoms in total. The van der Waals surface area contributed by atoms with Gasteiger partial charge in [0.05, 0.1) is 6.42 Å². The number of carbonyl (C=O) groups is 1. The van der Waals surface area contributed by atoms with Crippen molar-refractivity contribution in [3.63, 3.8) is 0 Å². The summed E-state index contributed by atoms with van der Waals surface area (Å²) >= 11 is 0. The van der Waals surface area contributed by atoms with E-state index in [1.807, 2.05) is 67.6 Å². The molecule has 1 aliphatic rings. The van der Waals surface area contributed by atoms with Crippen LogP contribution < -0.4 is 4.74 Å². The molecule has 0 bridgehead atoms. The lowest BCUT2D eigenvalue weighted by Crippen LogP contribution is -1.97. The molecule has 0 saturated carbocycles. The number of hydrogen-bond acceptors (Lipinski definition) is 2. The Morgan fingerprint density at radius 1 is 0.966 bits per heavy atom. The van der Waals surface area contributed by atoms with Crippen LogP contribution in [-0.2, 0) is 4.79 Å². The number of benzene rings is 3. The zero-order chi connectivity index (χ0) is 20.4. The number of hydrogen-bond donors (Lipinski definition) is 1. The van der Waals surface area contributed by atoms with Crippen molar-refractivity contribution < 1.29 is 19.0 Å². The van der Waals surface area contributed by atoms with Gasteiger partial charge in [-0.2, -0.15) is 0 Å². The monoisotopic (exact) mass is 386 g/mol. The van der Waals surface area contributed by atoms with Crippen LogP contribution in [0.1, 0.15) is 30.0 Å². The quantitative estimate of drug-likeness (QED) is 0.550. The van der Waals surface area contributed by atoms with Gasteiger partial charge in [-0.25, -0.2) is 4.39 Å². The second-order valence-corrected chi connectivity index (χ2v) is 6.91. The van der Waals surface area contributed by atoms with Crippen molar-refractivity contribution in [2.45, 2.75) is 13.3 Å². The smallest absolute Gasteiger partial charge is 0.307 e. The minimum Gasteiger partial charge on any atom is -0.481 e. The molecule has 0 unspecified atom stereocenters. The number of halogens is 1. The molecule has 0 radical (unpaired) electrons. The lowest BCUT2D eigenvalue weighted by molar-refractivity contribution is -0.135. The topological polar surface area (TPSA) is 46.5 Å². The van der Waals surface area contributed by atoms with Gasteiger partial charge < -0.3 is 9.84 Å². The molecule has 0 aliphatic heterocycles. The Kier molecular flexibility index (Phi) is 5.00. The number of aliphatic carboxylic acids is 1. The molecule has 4 heteroatoms. The molecule has 29 heavy (non-hydrogen) atoms. The van der Waals surface area contributed by atoms with Gasteiger partial charge in [-0.3, -0.25) is 4.79 Å². The van der Waals surface area contributed by atoms with E-state index >= 15 is 0 Å². The Balaban J connectivity index is 1.73. The lowest BCUT2D eigenvalue weighted by Gasteiger charge is -2.08. The highest BCUT2D eigenvalue weighted by molar-refractivity contribution is 6.07. The zero-order valence-corrected chi connectivity index (χ0v) is 15.9. The number of rotatable bonds is 5. The predicted octanol–water partition coefficient (Wildman–Crippen LogP) is 6.42. The third-order valence-electron chi connectivity index (χ3n) is 4.93. The van der Waals surface area contributed by atoms with E-state index in [1.54, 1.807) is 6.07 Å². The minimum absolute atomic E-state index is 0.142. The molecule has 0 heterocycles. The molecule has 3 aromatic rings. The average Bonchev–Trinajstić information content (AvgIpc) is 2.94. The van der Waals surface area contributed by atoms with E-state index in [0.717, 1.165) is 28.0 Å². The van der Waals surface area contributed by atoms with Crippen LogP contribution >= 0.6 is 0 Å². The fraction of sp³-hybridized carbons (Fsp3) is 0.0800. The van der Waals surface area contributed by atoms with Crippen molar-refractivity contribution in [3.05, 3.63) is 101 Å². The zero-order valence-electron chi connectivity index (χ0n) is 15.9. The molecule has 0 aromatic heterocycles. The molecule has 0 spiro atoms. The summed E-state index contributed by atoms with van der Waals surface area (Å²) in [5.41, 5.74) is 4.80. The number of allylic oxidation sites excluding steroid dienone is 2. The summed E-state index contributed by atoms with van der Waals surface area (Å²) in [7, 11) is 0. The number of carboxylic acids is 1. The number of para-hydroxylation sites is 1. The molecule has 0 fully saturated rings. The van der Waals surface area contributed by atoms with Gasteiger partial charge in [-0.05, 0) is 82.8 Å². The summed E-state index contributed by atoms with van der Waals surface area (Å²) in [6.07, 6.45) is 1.84. The molecule has 1 N–H and O–H groups in total. The van der Waals surface area contributed by atoms with E-state index in [0.29, 0.717) is 16.9 Å². The first-order chi connectivity index (χ1) is 14.0. The standard InChI is InChI=1S/C25H19FO3/c1-16-22(21-11-10-18(26)14-24(21)23(16)15-25(27)28)13-17-6-5-9-20(12-17)29-19-7-3-2-4-8-19/h2-14H,15H2,1H3,(H,27,28). The predicted molar refractivity (Wildman–Crippen MR) is 112 cm³/mol. The van der Waals surface area contributed by atoms with E-state index in [9.17, 15) is 14.3 Å². The van der Waals surface area contributed by atoms with Crippen LogP contribution in [0.3, 0.4) is 0 Å². The van der Waals surface area contributed by atoms with Gasteiger partial charge in [0.25, 0.3) is 0 Å². The first-order valence-electron chi connectivity index (χ1n) is 9.28. The molecule has 3 aromatic carbocycles. The Bertz CT molecular complexity index is 1140. The third kappa shape index (κ3) is 3.97. The van der Waals surface area contributed by atoms with Crippen molar-refractivity contribution in [2.75, 3.05) is 0 Å². The van der Waals surface area contributed by atoms with Crippen molar-refractivity contribution in [1.82, 2.24) is 0 Å². The minimum atomic E-state index is -0.936. The van der Waals surface area contributed by atoms with Crippen molar-refractivity contribution >= 4 is 23.2 Å². The summed E-state index contributed by atoms with van der Waals surface area (Å²) in [6.45, 7) is 1.88. The van der Waals surface area contributed by atoms with Crippen LogP contribution in [0.5, 0.6) is 11.5 Å². The van der Waals surface area contributed by atoms with Crippen LogP contribution in [0.2, 0.25) is 0 Å². The van der Waals surface area contributed by atoms with Crippen molar-refractivity contribution in [2.24, 2.45) is 0 Å². The Labute approximate surface area is 168 Å². The van der Waals surface area contributed by atoms with Gasteiger partial charge in [-0.1, -0.05) is 36.4 Å². The molecule has 1 aliphatic carbocycles. The SMILES string of the molecule is CC1=C(CC(=O)O)c2cc(F)ccc2C1=Cc1cccc(Oc2ccccc2)c1. The summed E-state index contributed by atoms with van der Waals surface area (Å²) < 4.78 is 19.7. The maximum Gasteiger partial charge on any atom is 0.307 e. The van der Waals surface area contributed by atoms with Gasteiger partial charge in [0, 0.05) is 0 Å². The first kappa shape index (κ1) is 18.7. The van der Waals surface area contributed by atoms with E-state index in [1.165, 1.54) is 12.1 Å². The van der Waals surface area contributed by atoms with E-state index in [4.69, 9.17) is 4.74 Å². The fourth-order valence-corrected chi connectivity index (χ4v) is 3.59. The van der Waals surface area contributed by atoms with Crippen molar-refractivity contribution in [1.29, 1.82) is 0 Å². The van der Waals surface area contributed by atoms with Crippen LogP contribution in [0.15, 0.2) is 78.4 Å². The van der Waals surface area contributed by atoms with Gasteiger partial charge in [0.2, 0.25) is 0 Å². The normalized spacial score (nSPS) is 14.2. The average molecular weight is 386 g/mol. The summed E-state index contributed by atoms with van der Waals surface area (Å²) in [5.74, 6) is 0.141. The highest BCUT2D eigenvalue weighted by Gasteiger charge is 2.25. The highest BCUT2D eigenvalue weighted by atomic mass is 19.1. The first-order valence-corrected chi connectivity index (χ1v) is 9.28. The number of carboxylic acid groups (broad SMARTS) is 1. The van der Waals surface area contributed by atoms with E-state index in [-0.39, 0.29) is 12.2 Å². The van der Waals surface area contributed by atoms with Gasteiger partial charge in [-0.15, -0.1) is 0 Å². The Morgan fingerprint density at radius 2 is 1.72 bits per heavy atom. The molecule has 144 valence electrons. The second-order valence-electron chi connectivity index (χ2n) is 6.91. The number of ether oxygens (including phenoxy) is 1. The largest absolute Gasteiger partial charge is 0.481 e. The molecule has 0 saturated heterocycles. The number of fused-ring (bicyclic) bond motifs is 1. The van der Waals surface area contributed by atoms with E-state index < -0.39 is 5.97 Å². The highest BCUT2D eigenvalue weighted by Crippen LogP contribution is 2.44. The molecule has 0 atom stereocenters. The Hall–Kier alpha value is -3.66. The summed E-state index contributed by atoms with van der Waals surface area (Å²) in [5, 5.41) is 9.28. The molecule has 4 rings (SSSR count). The molecular weight excluding hydrogens is 367 g/mol. The van der Waals surface area contributed by atoms with Gasteiger partial charge >= 0.3 is 5.97 Å². The van der Waals surface area contributed by atoms with Gasteiger partial charge in [0.15, 0.2) is 0 Å². The summed E-state index contributed by atoms with van der Waals surface area (Å²) in [4.78, 5) is 11.3. The van der Waals surface area contributed by atoms with Crippen LogP contribution in [0, 0.1) is 5.82 Å². The summed E-state index contributed by atoms with van der Waals surface area (Å²) in [6, 6.07) is 21.7. The third-order valence-corrected chi connectivity index (χ3v) is 4.93. The lowest BCUT2D eigenvalue weighted by atomic mass is 10.0. The maximum atomic E-state index is 13.8. The van der Waals surface area contributed by atoms with Crippen LogP contribution in [-0.4, -0.2) is 11.1 Å². The van der Waals surface area contributed by atoms with Gasteiger partial charge in [0.1, 0.15) is 17.3 Å². The Morgan fingerprint density at radius 3 is 2.48 bits per heavy atom. The second kappa shape index (κ2) is 7.76.